The molecule has 7 nitrogen and oxygen atoms in total. The minimum absolute atomic E-state index is 0.511. The smallest absolute Gasteiger partial charge is 0.225 e. The molecule has 0 bridgehead atoms. The number of anilines is 1. The van der Waals surface area contributed by atoms with Crippen molar-refractivity contribution in [1.82, 2.24) is 20.2 Å². The van der Waals surface area contributed by atoms with Gasteiger partial charge in [0.2, 0.25) is 5.95 Å². The average Bonchev–Trinajstić information content (AvgIpc) is 2.76. The van der Waals surface area contributed by atoms with Crippen LogP contribution in [0.4, 0.5) is 5.95 Å². The van der Waals surface area contributed by atoms with Crippen LogP contribution in [0.25, 0.3) is 0 Å². The molecule has 0 aliphatic carbocycles. The number of nitrogens with one attached hydrogen (secondary N) is 1. The molecule has 1 saturated heterocycles. The average molecular weight is 397 g/mol. The number of benzene rings is 1. The zero-order chi connectivity index (χ0) is 20.5. The lowest BCUT2D eigenvalue weighted by atomic mass is 10.2. The Morgan fingerprint density at radius 3 is 2.59 bits per heavy atom. The minimum Gasteiger partial charge on any atom is -0.493 e. The number of nitrogens with zero attached hydrogens (tertiary/aromatic N) is 5. The van der Waals surface area contributed by atoms with Crippen molar-refractivity contribution in [3.63, 3.8) is 0 Å². The maximum Gasteiger partial charge on any atom is 0.225 e. The molecule has 0 unspecified atom stereocenters. The quantitative estimate of drug-likeness (QED) is 0.573. The first-order valence-electron chi connectivity index (χ1n) is 10.4. The van der Waals surface area contributed by atoms with Gasteiger partial charge in [0, 0.05) is 45.1 Å². The minimum atomic E-state index is 0.511. The van der Waals surface area contributed by atoms with Crippen LogP contribution in [0.5, 0.6) is 5.75 Å². The molecule has 1 fully saturated rings. The summed E-state index contributed by atoms with van der Waals surface area (Å²) in [6.45, 7) is 12.2. The Labute approximate surface area is 173 Å². The van der Waals surface area contributed by atoms with Crippen LogP contribution in [0.2, 0.25) is 0 Å². The van der Waals surface area contributed by atoms with Gasteiger partial charge in [0.25, 0.3) is 0 Å². The largest absolute Gasteiger partial charge is 0.493 e. The van der Waals surface area contributed by atoms with Gasteiger partial charge in [0.05, 0.1) is 13.2 Å². The van der Waals surface area contributed by atoms with Gasteiger partial charge in [0.15, 0.2) is 5.96 Å². The third-order valence-corrected chi connectivity index (χ3v) is 4.64. The Bertz CT molecular complexity index is 772. The first-order valence-corrected chi connectivity index (χ1v) is 10.4. The molecular weight excluding hydrogens is 364 g/mol. The summed E-state index contributed by atoms with van der Waals surface area (Å²) in [7, 11) is 0. The van der Waals surface area contributed by atoms with E-state index in [1.807, 2.05) is 18.2 Å². The second kappa shape index (κ2) is 10.6. The fourth-order valence-electron chi connectivity index (χ4n) is 3.16. The maximum atomic E-state index is 5.84. The van der Waals surface area contributed by atoms with E-state index in [1.54, 1.807) is 12.4 Å². The number of aliphatic imine (C=N–C) groups is 1. The number of hydrogen-bond donors (Lipinski definition) is 1. The van der Waals surface area contributed by atoms with Gasteiger partial charge >= 0.3 is 0 Å². The van der Waals surface area contributed by atoms with Gasteiger partial charge in [-0.3, -0.25) is 0 Å². The van der Waals surface area contributed by atoms with Crippen LogP contribution < -0.4 is 15.0 Å². The van der Waals surface area contributed by atoms with E-state index in [0.717, 1.165) is 62.6 Å². The summed E-state index contributed by atoms with van der Waals surface area (Å²) in [4.78, 5) is 18.1. The monoisotopic (exact) mass is 396 g/mol. The van der Waals surface area contributed by atoms with E-state index in [9.17, 15) is 0 Å². The van der Waals surface area contributed by atoms with E-state index < -0.39 is 0 Å². The van der Waals surface area contributed by atoms with Crippen molar-refractivity contribution < 1.29 is 4.74 Å². The molecule has 1 aromatic heterocycles. The maximum absolute atomic E-state index is 5.84. The van der Waals surface area contributed by atoms with Crippen molar-refractivity contribution >= 4 is 11.9 Å². The van der Waals surface area contributed by atoms with Crippen LogP contribution in [-0.2, 0) is 6.54 Å². The summed E-state index contributed by atoms with van der Waals surface area (Å²) < 4.78 is 5.84. The van der Waals surface area contributed by atoms with E-state index in [4.69, 9.17) is 9.73 Å². The number of piperazine rings is 1. The molecule has 0 atom stereocenters. The summed E-state index contributed by atoms with van der Waals surface area (Å²) >= 11 is 0. The molecule has 0 spiro atoms. The van der Waals surface area contributed by atoms with Gasteiger partial charge in [-0.2, -0.15) is 0 Å². The highest BCUT2D eigenvalue weighted by molar-refractivity contribution is 5.80. The lowest BCUT2D eigenvalue weighted by Crippen LogP contribution is -2.52. The van der Waals surface area contributed by atoms with Gasteiger partial charge in [-0.1, -0.05) is 26.0 Å². The van der Waals surface area contributed by atoms with Crippen LogP contribution in [-0.4, -0.2) is 60.2 Å². The number of guanidine groups is 1. The highest BCUT2D eigenvalue weighted by Gasteiger charge is 2.21. The molecule has 0 amide bonds. The fraction of sp³-hybridized carbons (Fsp3) is 0.500. The molecule has 29 heavy (non-hydrogen) atoms. The summed E-state index contributed by atoms with van der Waals surface area (Å²) in [5.41, 5.74) is 1.15. The molecule has 7 heteroatoms. The van der Waals surface area contributed by atoms with Crippen molar-refractivity contribution in [2.24, 2.45) is 10.9 Å². The molecule has 0 saturated carbocycles. The third-order valence-electron chi connectivity index (χ3n) is 4.64. The molecule has 1 aromatic carbocycles. The first kappa shape index (κ1) is 20.9. The summed E-state index contributed by atoms with van der Waals surface area (Å²) in [6, 6.07) is 10.1. The molecule has 1 aliphatic heterocycles. The second-order valence-electron chi connectivity index (χ2n) is 7.55. The van der Waals surface area contributed by atoms with Gasteiger partial charge in [0.1, 0.15) is 5.75 Å². The Morgan fingerprint density at radius 2 is 1.90 bits per heavy atom. The lowest BCUT2D eigenvalue weighted by molar-refractivity contribution is 0.271. The van der Waals surface area contributed by atoms with Crippen molar-refractivity contribution in [2.75, 3.05) is 44.2 Å². The summed E-state index contributed by atoms with van der Waals surface area (Å²) in [5.74, 6) is 3.17. The number of hydrogen-bond acceptors (Lipinski definition) is 5. The van der Waals surface area contributed by atoms with Crippen LogP contribution in [0.1, 0.15) is 26.3 Å². The molecular formula is C22H32N6O. The number of rotatable bonds is 7. The predicted octanol–water partition coefficient (Wildman–Crippen LogP) is 2.80. The van der Waals surface area contributed by atoms with Crippen molar-refractivity contribution in [3.05, 3.63) is 48.3 Å². The van der Waals surface area contributed by atoms with E-state index >= 15 is 0 Å². The molecule has 156 valence electrons. The van der Waals surface area contributed by atoms with Gasteiger partial charge in [-0.15, -0.1) is 0 Å². The first-order chi connectivity index (χ1) is 14.2. The number of aromatic nitrogens is 2. The third kappa shape index (κ3) is 6.34. The van der Waals surface area contributed by atoms with E-state index in [2.05, 4.69) is 58.0 Å². The molecule has 1 N–H and O–H groups in total. The second-order valence-corrected chi connectivity index (χ2v) is 7.55. The Morgan fingerprint density at radius 1 is 1.14 bits per heavy atom. The molecule has 2 aromatic rings. The molecule has 1 aliphatic rings. The van der Waals surface area contributed by atoms with Crippen molar-refractivity contribution in [1.29, 1.82) is 0 Å². The Hall–Kier alpha value is -2.83. The number of ether oxygens (including phenoxy) is 1. The van der Waals surface area contributed by atoms with Gasteiger partial charge < -0.3 is 19.9 Å². The topological polar surface area (TPSA) is 65.9 Å². The Balaban J connectivity index is 1.60. The highest BCUT2D eigenvalue weighted by atomic mass is 16.5. The zero-order valence-electron chi connectivity index (χ0n) is 17.7. The summed E-state index contributed by atoms with van der Waals surface area (Å²) in [5, 5.41) is 3.43. The van der Waals surface area contributed by atoms with Crippen LogP contribution >= 0.6 is 0 Å². The van der Waals surface area contributed by atoms with Gasteiger partial charge in [-0.05, 0) is 36.6 Å². The van der Waals surface area contributed by atoms with E-state index in [0.29, 0.717) is 12.5 Å². The van der Waals surface area contributed by atoms with Crippen molar-refractivity contribution in [2.45, 2.75) is 27.3 Å². The molecule has 3 rings (SSSR count). The highest BCUT2D eigenvalue weighted by Crippen LogP contribution is 2.16. The zero-order valence-corrected chi connectivity index (χ0v) is 17.7. The van der Waals surface area contributed by atoms with Crippen LogP contribution in [0.15, 0.2) is 47.7 Å². The van der Waals surface area contributed by atoms with E-state index in [1.165, 1.54) is 0 Å². The normalized spacial score (nSPS) is 15.0. The predicted molar refractivity (Wildman–Crippen MR) is 117 cm³/mol. The van der Waals surface area contributed by atoms with Gasteiger partial charge in [-0.25, -0.2) is 15.0 Å². The fourth-order valence-corrected chi connectivity index (χ4v) is 3.16. The standard InChI is InChI=1S/C22H32N6O/c1-4-23-21(26-16-19-7-5-8-20(15-19)29-17-18(2)3)27-11-13-28(14-12-27)22-24-9-6-10-25-22/h5-10,15,18H,4,11-14,16-17H2,1-3H3,(H,23,26). The Kier molecular flexibility index (Phi) is 7.67. The van der Waals surface area contributed by atoms with E-state index in [-0.39, 0.29) is 0 Å². The summed E-state index contributed by atoms with van der Waals surface area (Å²) in [6.07, 6.45) is 3.58. The van der Waals surface area contributed by atoms with Crippen molar-refractivity contribution in [3.8, 4) is 5.75 Å². The van der Waals surface area contributed by atoms with Crippen LogP contribution in [0, 0.1) is 5.92 Å². The molecule has 0 radical (unpaired) electrons. The molecule has 2 heterocycles. The SMILES string of the molecule is CCNC(=NCc1cccc(OCC(C)C)c1)N1CCN(c2ncccn2)CC1. The van der Waals surface area contributed by atoms with Crippen LogP contribution in [0.3, 0.4) is 0 Å². The lowest BCUT2D eigenvalue weighted by Gasteiger charge is -2.36.